The van der Waals surface area contributed by atoms with E-state index in [1.807, 2.05) is 0 Å². The van der Waals surface area contributed by atoms with E-state index in [1.165, 1.54) is 13.0 Å². The van der Waals surface area contributed by atoms with Crippen molar-refractivity contribution < 1.29 is 4.79 Å². The summed E-state index contributed by atoms with van der Waals surface area (Å²) in [6, 6.07) is 0. The lowest BCUT2D eigenvalue weighted by atomic mass is 10.1. The molecule has 1 atom stereocenters. The van der Waals surface area contributed by atoms with E-state index in [0.29, 0.717) is 18.9 Å². The molecule has 1 fully saturated rings. The molecule has 0 bridgehead atoms. The number of nitrogens with two attached hydrogens (primary N) is 1. The van der Waals surface area contributed by atoms with Crippen LogP contribution >= 0.6 is 0 Å². The van der Waals surface area contributed by atoms with Gasteiger partial charge in [0.2, 0.25) is 5.91 Å². The number of amides is 1. The molecule has 0 aromatic heterocycles. The predicted molar refractivity (Wildman–Crippen MR) is 66.1 cm³/mol. The SMILES string of the molecule is CCN1CCC(CNC(=O)CCCCN)C1. The summed E-state index contributed by atoms with van der Waals surface area (Å²) in [7, 11) is 0. The Labute approximate surface area is 98.6 Å². The minimum atomic E-state index is 0.184. The summed E-state index contributed by atoms with van der Waals surface area (Å²) in [5.74, 6) is 0.835. The van der Waals surface area contributed by atoms with Gasteiger partial charge in [0.05, 0.1) is 0 Å². The molecule has 1 aliphatic heterocycles. The second-order valence-electron chi connectivity index (χ2n) is 4.60. The van der Waals surface area contributed by atoms with E-state index in [1.54, 1.807) is 0 Å². The van der Waals surface area contributed by atoms with Crippen molar-refractivity contribution in [2.75, 3.05) is 32.7 Å². The molecule has 0 aromatic carbocycles. The van der Waals surface area contributed by atoms with Crippen LogP contribution in [0.3, 0.4) is 0 Å². The van der Waals surface area contributed by atoms with Gasteiger partial charge in [-0.25, -0.2) is 0 Å². The maximum Gasteiger partial charge on any atom is 0.220 e. The first-order valence-electron chi connectivity index (χ1n) is 6.45. The summed E-state index contributed by atoms with van der Waals surface area (Å²) in [6.45, 7) is 7.16. The monoisotopic (exact) mass is 227 g/mol. The summed E-state index contributed by atoms with van der Waals surface area (Å²) >= 11 is 0. The van der Waals surface area contributed by atoms with Gasteiger partial charge in [-0.3, -0.25) is 4.79 Å². The van der Waals surface area contributed by atoms with Gasteiger partial charge in [0.1, 0.15) is 0 Å². The highest BCUT2D eigenvalue weighted by Crippen LogP contribution is 2.14. The number of hydrogen-bond donors (Lipinski definition) is 2. The topological polar surface area (TPSA) is 58.4 Å². The zero-order valence-corrected chi connectivity index (χ0v) is 10.4. The number of carbonyl (C=O) groups excluding carboxylic acids is 1. The second-order valence-corrected chi connectivity index (χ2v) is 4.60. The fourth-order valence-corrected chi connectivity index (χ4v) is 2.14. The molecule has 1 heterocycles. The molecule has 4 nitrogen and oxygen atoms in total. The van der Waals surface area contributed by atoms with Gasteiger partial charge < -0.3 is 16.0 Å². The van der Waals surface area contributed by atoms with E-state index in [0.717, 1.165) is 32.5 Å². The largest absolute Gasteiger partial charge is 0.356 e. The summed E-state index contributed by atoms with van der Waals surface area (Å²) in [5, 5.41) is 3.02. The van der Waals surface area contributed by atoms with Crippen LogP contribution in [0.25, 0.3) is 0 Å². The maximum atomic E-state index is 11.5. The Kier molecular flexibility index (Phi) is 6.42. The third kappa shape index (κ3) is 4.94. The molecule has 0 radical (unpaired) electrons. The molecule has 4 heteroatoms. The quantitative estimate of drug-likeness (QED) is 0.625. The molecule has 1 rings (SSSR count). The van der Waals surface area contributed by atoms with Crippen LogP contribution in [0, 0.1) is 5.92 Å². The highest BCUT2D eigenvalue weighted by Gasteiger charge is 2.21. The predicted octanol–water partition coefficient (Wildman–Crippen LogP) is 0.573. The molecular formula is C12H25N3O. The molecule has 1 saturated heterocycles. The Morgan fingerprint density at radius 2 is 2.31 bits per heavy atom. The van der Waals surface area contributed by atoms with Gasteiger partial charge in [0.15, 0.2) is 0 Å². The Bertz CT molecular complexity index is 208. The normalized spacial score (nSPS) is 21.2. The molecule has 3 N–H and O–H groups in total. The van der Waals surface area contributed by atoms with Crippen molar-refractivity contribution in [3.63, 3.8) is 0 Å². The van der Waals surface area contributed by atoms with Gasteiger partial charge in [-0.2, -0.15) is 0 Å². The summed E-state index contributed by atoms with van der Waals surface area (Å²) in [6.07, 6.45) is 3.70. The lowest BCUT2D eigenvalue weighted by molar-refractivity contribution is -0.121. The van der Waals surface area contributed by atoms with Crippen LogP contribution in [0.15, 0.2) is 0 Å². The van der Waals surface area contributed by atoms with E-state index >= 15 is 0 Å². The van der Waals surface area contributed by atoms with E-state index in [4.69, 9.17) is 5.73 Å². The van der Waals surface area contributed by atoms with Crippen LogP contribution < -0.4 is 11.1 Å². The fourth-order valence-electron chi connectivity index (χ4n) is 2.14. The lowest BCUT2D eigenvalue weighted by Crippen LogP contribution is -2.30. The highest BCUT2D eigenvalue weighted by molar-refractivity contribution is 5.75. The van der Waals surface area contributed by atoms with Crippen molar-refractivity contribution in [1.82, 2.24) is 10.2 Å². The lowest BCUT2D eigenvalue weighted by Gasteiger charge is -2.13. The third-order valence-corrected chi connectivity index (χ3v) is 3.26. The first kappa shape index (κ1) is 13.5. The molecule has 0 spiro atoms. The number of carbonyl (C=O) groups is 1. The van der Waals surface area contributed by atoms with E-state index in [-0.39, 0.29) is 5.91 Å². The smallest absolute Gasteiger partial charge is 0.220 e. The Morgan fingerprint density at radius 3 is 2.94 bits per heavy atom. The maximum absolute atomic E-state index is 11.5. The number of nitrogens with one attached hydrogen (secondary N) is 1. The van der Waals surface area contributed by atoms with Gasteiger partial charge in [-0.05, 0) is 44.8 Å². The van der Waals surface area contributed by atoms with Gasteiger partial charge in [-0.15, -0.1) is 0 Å². The minimum Gasteiger partial charge on any atom is -0.356 e. The molecule has 1 amide bonds. The number of nitrogens with zero attached hydrogens (tertiary/aromatic N) is 1. The Balaban J connectivity index is 2.04. The van der Waals surface area contributed by atoms with Gasteiger partial charge in [-0.1, -0.05) is 6.92 Å². The van der Waals surface area contributed by atoms with Crippen molar-refractivity contribution in [2.24, 2.45) is 11.7 Å². The molecule has 0 aliphatic carbocycles. The van der Waals surface area contributed by atoms with Crippen molar-refractivity contribution >= 4 is 5.91 Å². The number of rotatable bonds is 7. The summed E-state index contributed by atoms with van der Waals surface area (Å²) < 4.78 is 0. The van der Waals surface area contributed by atoms with Gasteiger partial charge in [0.25, 0.3) is 0 Å². The Hall–Kier alpha value is -0.610. The molecule has 1 unspecified atom stereocenters. The molecule has 0 aromatic rings. The van der Waals surface area contributed by atoms with Gasteiger partial charge in [0, 0.05) is 19.5 Å². The molecule has 16 heavy (non-hydrogen) atoms. The third-order valence-electron chi connectivity index (χ3n) is 3.26. The van der Waals surface area contributed by atoms with Crippen LogP contribution in [0.2, 0.25) is 0 Å². The average molecular weight is 227 g/mol. The second kappa shape index (κ2) is 7.63. The van der Waals surface area contributed by atoms with E-state index in [9.17, 15) is 4.79 Å². The van der Waals surface area contributed by atoms with E-state index < -0.39 is 0 Å². The number of likely N-dealkylation sites (tertiary alicyclic amines) is 1. The van der Waals surface area contributed by atoms with E-state index in [2.05, 4.69) is 17.1 Å². The highest BCUT2D eigenvalue weighted by atomic mass is 16.1. The standard InChI is InChI=1S/C12H25N3O/c1-2-15-8-6-11(10-15)9-14-12(16)5-3-4-7-13/h11H,2-10,13H2,1H3,(H,14,16). The summed E-state index contributed by atoms with van der Waals surface area (Å²) in [4.78, 5) is 13.9. The average Bonchev–Trinajstić information content (AvgIpc) is 2.74. The van der Waals surface area contributed by atoms with Crippen LogP contribution in [0.1, 0.15) is 32.6 Å². The Morgan fingerprint density at radius 1 is 1.50 bits per heavy atom. The van der Waals surface area contributed by atoms with Crippen LogP contribution in [0.4, 0.5) is 0 Å². The van der Waals surface area contributed by atoms with Crippen molar-refractivity contribution in [3.8, 4) is 0 Å². The van der Waals surface area contributed by atoms with Crippen molar-refractivity contribution in [1.29, 1.82) is 0 Å². The zero-order chi connectivity index (χ0) is 11.8. The van der Waals surface area contributed by atoms with Crippen LogP contribution in [0.5, 0.6) is 0 Å². The molecule has 1 aliphatic rings. The number of hydrogen-bond acceptors (Lipinski definition) is 3. The van der Waals surface area contributed by atoms with Crippen LogP contribution in [-0.2, 0) is 4.79 Å². The fraction of sp³-hybridized carbons (Fsp3) is 0.917. The first-order valence-corrected chi connectivity index (χ1v) is 6.45. The van der Waals surface area contributed by atoms with Gasteiger partial charge >= 0.3 is 0 Å². The number of unbranched alkanes of at least 4 members (excludes halogenated alkanes) is 1. The van der Waals surface area contributed by atoms with Crippen molar-refractivity contribution in [2.45, 2.75) is 32.6 Å². The first-order chi connectivity index (χ1) is 7.76. The minimum absolute atomic E-state index is 0.184. The molecular weight excluding hydrogens is 202 g/mol. The molecule has 94 valence electrons. The van der Waals surface area contributed by atoms with Crippen LogP contribution in [-0.4, -0.2) is 43.5 Å². The molecule has 0 saturated carbocycles. The van der Waals surface area contributed by atoms with Crippen molar-refractivity contribution in [3.05, 3.63) is 0 Å². The zero-order valence-electron chi connectivity index (χ0n) is 10.4. The summed E-state index contributed by atoms with van der Waals surface area (Å²) in [5.41, 5.74) is 5.38.